The monoisotopic (exact) mass is 274 g/mol. The first-order chi connectivity index (χ1) is 9.13. The van der Waals surface area contributed by atoms with Crippen LogP contribution >= 0.6 is 0 Å². The van der Waals surface area contributed by atoms with Gasteiger partial charge in [-0.3, -0.25) is 4.90 Å². The number of urea groups is 1. The Hall–Kier alpha value is -1.38. The van der Waals surface area contributed by atoms with Crippen molar-refractivity contribution in [2.45, 2.75) is 12.5 Å². The van der Waals surface area contributed by atoms with Crippen LogP contribution in [0.15, 0.2) is 0 Å². The molecule has 8 nitrogen and oxygen atoms in total. The average Bonchev–Trinajstić information content (AvgIpc) is 2.39. The van der Waals surface area contributed by atoms with Gasteiger partial charge in [-0.25, -0.2) is 9.59 Å². The number of amides is 2. The zero-order chi connectivity index (χ0) is 14.1. The van der Waals surface area contributed by atoms with Gasteiger partial charge in [-0.15, -0.1) is 0 Å². The number of carbonyl (C=O) groups is 2. The molecule has 19 heavy (non-hydrogen) atoms. The fourth-order valence-corrected chi connectivity index (χ4v) is 1.86. The van der Waals surface area contributed by atoms with Crippen molar-refractivity contribution in [2.75, 3.05) is 45.9 Å². The van der Waals surface area contributed by atoms with Crippen LogP contribution in [0.2, 0.25) is 0 Å². The number of aliphatic hydroxyl groups is 1. The summed E-state index contributed by atoms with van der Waals surface area (Å²) < 4.78 is 0. The lowest BCUT2D eigenvalue weighted by molar-refractivity contribution is -0.139. The Labute approximate surface area is 112 Å². The quantitative estimate of drug-likeness (QED) is 0.368. The van der Waals surface area contributed by atoms with Gasteiger partial charge in [0.2, 0.25) is 0 Å². The van der Waals surface area contributed by atoms with Gasteiger partial charge in [0.1, 0.15) is 6.04 Å². The molecule has 0 spiro atoms. The molecule has 1 rings (SSSR count). The van der Waals surface area contributed by atoms with E-state index in [1.165, 1.54) is 0 Å². The van der Waals surface area contributed by atoms with Crippen LogP contribution in [-0.2, 0) is 4.79 Å². The number of carboxylic acid groups (broad SMARTS) is 1. The van der Waals surface area contributed by atoms with E-state index >= 15 is 0 Å². The lowest BCUT2D eigenvalue weighted by atomic mass is 10.2. The summed E-state index contributed by atoms with van der Waals surface area (Å²) in [6.45, 7) is 4.73. The van der Waals surface area contributed by atoms with Gasteiger partial charge < -0.3 is 26.2 Å². The number of hydrogen-bond donors (Lipinski definition) is 5. The summed E-state index contributed by atoms with van der Waals surface area (Å²) in [7, 11) is 0. The highest BCUT2D eigenvalue weighted by molar-refractivity contribution is 5.82. The molecular formula is C11H22N4O4. The molecule has 1 aliphatic heterocycles. The molecule has 1 unspecified atom stereocenters. The van der Waals surface area contributed by atoms with E-state index in [1.807, 2.05) is 0 Å². The normalized spacial score (nSPS) is 17.7. The maximum atomic E-state index is 11.5. The fourth-order valence-electron chi connectivity index (χ4n) is 1.86. The molecule has 0 aliphatic carbocycles. The Morgan fingerprint density at radius 2 is 2.00 bits per heavy atom. The minimum atomic E-state index is -1.15. The largest absolute Gasteiger partial charge is 0.480 e. The van der Waals surface area contributed by atoms with Gasteiger partial charge >= 0.3 is 12.0 Å². The zero-order valence-electron chi connectivity index (χ0n) is 10.9. The van der Waals surface area contributed by atoms with Crippen molar-refractivity contribution < 1.29 is 19.8 Å². The maximum absolute atomic E-state index is 11.5. The number of nitrogens with zero attached hydrogens (tertiary/aromatic N) is 1. The lowest BCUT2D eigenvalue weighted by Crippen LogP contribution is -2.49. The van der Waals surface area contributed by atoms with E-state index in [0.717, 1.165) is 32.7 Å². The Kier molecular flexibility index (Phi) is 7.16. The summed E-state index contributed by atoms with van der Waals surface area (Å²) in [5.41, 5.74) is 0. The van der Waals surface area contributed by atoms with Crippen LogP contribution in [0.25, 0.3) is 0 Å². The Balaban J connectivity index is 2.17. The second kappa shape index (κ2) is 8.68. The molecule has 0 aromatic rings. The van der Waals surface area contributed by atoms with Crippen molar-refractivity contribution >= 4 is 12.0 Å². The molecule has 0 saturated carbocycles. The summed E-state index contributed by atoms with van der Waals surface area (Å²) in [6.07, 6.45) is 0.000543. The first-order valence-electron chi connectivity index (χ1n) is 6.44. The highest BCUT2D eigenvalue weighted by atomic mass is 16.4. The number of piperazine rings is 1. The van der Waals surface area contributed by atoms with Crippen LogP contribution in [0, 0.1) is 0 Å². The summed E-state index contributed by atoms with van der Waals surface area (Å²) in [4.78, 5) is 24.5. The smallest absolute Gasteiger partial charge is 0.326 e. The van der Waals surface area contributed by atoms with E-state index in [2.05, 4.69) is 20.9 Å². The molecule has 0 aromatic carbocycles. The third kappa shape index (κ3) is 6.37. The number of aliphatic carboxylic acids is 1. The molecule has 1 fully saturated rings. The maximum Gasteiger partial charge on any atom is 0.326 e. The molecule has 5 N–H and O–H groups in total. The molecule has 1 saturated heterocycles. The second-order valence-electron chi connectivity index (χ2n) is 4.39. The minimum absolute atomic E-state index is 0.000543. The molecule has 1 heterocycles. The summed E-state index contributed by atoms with van der Waals surface area (Å²) in [5.74, 6) is -1.15. The number of rotatable bonds is 7. The van der Waals surface area contributed by atoms with E-state index in [0.29, 0.717) is 6.54 Å². The van der Waals surface area contributed by atoms with Gasteiger partial charge in [-0.05, 0) is 0 Å². The van der Waals surface area contributed by atoms with Crippen molar-refractivity contribution in [2.24, 2.45) is 0 Å². The Bertz CT molecular complexity index is 294. The number of nitrogens with one attached hydrogen (secondary N) is 3. The van der Waals surface area contributed by atoms with E-state index < -0.39 is 18.0 Å². The van der Waals surface area contributed by atoms with Gasteiger partial charge in [0.05, 0.1) is 0 Å². The Morgan fingerprint density at radius 1 is 1.32 bits per heavy atom. The molecule has 0 radical (unpaired) electrons. The van der Waals surface area contributed by atoms with Crippen LogP contribution in [0.4, 0.5) is 4.79 Å². The van der Waals surface area contributed by atoms with E-state index in [4.69, 9.17) is 10.2 Å². The van der Waals surface area contributed by atoms with Crippen molar-refractivity contribution in [3.05, 3.63) is 0 Å². The summed E-state index contributed by atoms with van der Waals surface area (Å²) in [6, 6.07) is -1.57. The summed E-state index contributed by atoms with van der Waals surface area (Å²) >= 11 is 0. The van der Waals surface area contributed by atoms with Crippen LogP contribution in [-0.4, -0.2) is 79.0 Å². The first-order valence-corrected chi connectivity index (χ1v) is 6.44. The van der Waals surface area contributed by atoms with Crippen LogP contribution in [0.5, 0.6) is 0 Å². The third-order valence-electron chi connectivity index (χ3n) is 2.94. The number of carbonyl (C=O) groups excluding carboxylic acids is 1. The van der Waals surface area contributed by atoms with Crippen LogP contribution in [0.3, 0.4) is 0 Å². The van der Waals surface area contributed by atoms with Crippen molar-refractivity contribution in [1.29, 1.82) is 0 Å². The van der Waals surface area contributed by atoms with Crippen molar-refractivity contribution in [3.8, 4) is 0 Å². The SMILES string of the molecule is O=C(NCCN1CCNCC1)NC(CCO)C(=O)O. The molecular weight excluding hydrogens is 252 g/mol. The van der Waals surface area contributed by atoms with Crippen molar-refractivity contribution in [3.63, 3.8) is 0 Å². The van der Waals surface area contributed by atoms with E-state index in [-0.39, 0.29) is 13.0 Å². The van der Waals surface area contributed by atoms with Crippen LogP contribution in [0.1, 0.15) is 6.42 Å². The predicted molar refractivity (Wildman–Crippen MR) is 69.0 cm³/mol. The standard InChI is InChI=1S/C11H22N4O4/c16-8-1-9(10(17)18)14-11(19)13-4-7-15-5-2-12-3-6-15/h9,12,16H,1-8H2,(H,17,18)(H2,13,14,19). The first kappa shape index (κ1) is 15.7. The molecule has 0 bridgehead atoms. The number of aliphatic hydroxyl groups excluding tert-OH is 1. The average molecular weight is 274 g/mol. The van der Waals surface area contributed by atoms with E-state index in [9.17, 15) is 9.59 Å². The highest BCUT2D eigenvalue weighted by Crippen LogP contribution is 1.92. The van der Waals surface area contributed by atoms with Gasteiger partial charge in [0, 0.05) is 52.3 Å². The molecule has 2 amide bonds. The molecule has 1 atom stereocenters. The summed E-state index contributed by atoms with van der Waals surface area (Å²) in [5, 5.41) is 25.7. The Morgan fingerprint density at radius 3 is 2.58 bits per heavy atom. The predicted octanol–water partition coefficient (Wildman–Crippen LogP) is -1.97. The second-order valence-corrected chi connectivity index (χ2v) is 4.39. The number of carboxylic acids is 1. The van der Waals surface area contributed by atoms with Gasteiger partial charge in [0.15, 0.2) is 0 Å². The number of hydrogen-bond acceptors (Lipinski definition) is 5. The lowest BCUT2D eigenvalue weighted by Gasteiger charge is -2.27. The van der Waals surface area contributed by atoms with Crippen LogP contribution < -0.4 is 16.0 Å². The molecule has 8 heteroatoms. The van der Waals surface area contributed by atoms with Gasteiger partial charge in [-0.2, -0.15) is 0 Å². The topological polar surface area (TPSA) is 114 Å². The molecule has 1 aliphatic rings. The zero-order valence-corrected chi connectivity index (χ0v) is 10.9. The molecule has 0 aromatic heterocycles. The van der Waals surface area contributed by atoms with Crippen molar-refractivity contribution in [1.82, 2.24) is 20.9 Å². The van der Waals surface area contributed by atoms with Gasteiger partial charge in [0.25, 0.3) is 0 Å². The molecule has 110 valence electrons. The van der Waals surface area contributed by atoms with Gasteiger partial charge in [-0.1, -0.05) is 0 Å². The third-order valence-corrected chi connectivity index (χ3v) is 2.94. The minimum Gasteiger partial charge on any atom is -0.480 e. The van der Waals surface area contributed by atoms with E-state index in [1.54, 1.807) is 0 Å². The highest BCUT2D eigenvalue weighted by Gasteiger charge is 2.19. The fraction of sp³-hybridized carbons (Fsp3) is 0.818.